The van der Waals surface area contributed by atoms with Gasteiger partial charge in [0.25, 0.3) is 5.91 Å². The zero-order chi connectivity index (χ0) is 16.3. The number of hydrogen-bond donors (Lipinski definition) is 3. The number of H-pyrrole nitrogens is 1. The average Bonchev–Trinajstić information content (AvgIpc) is 2.86. The molecular weight excluding hydrogens is 286 g/mol. The summed E-state index contributed by atoms with van der Waals surface area (Å²) in [5.41, 5.74) is 5.66. The van der Waals surface area contributed by atoms with E-state index in [1.54, 1.807) is 5.06 Å². The smallest absolute Gasteiger partial charge is 0.330 e. The molecule has 8 heteroatoms. The molecule has 122 valence electrons. The number of anilines is 1. The second-order valence-electron chi connectivity index (χ2n) is 6.49. The van der Waals surface area contributed by atoms with Crippen LogP contribution in [0.3, 0.4) is 0 Å². The van der Waals surface area contributed by atoms with E-state index in [0.717, 1.165) is 0 Å². The van der Waals surface area contributed by atoms with Gasteiger partial charge in [-0.1, -0.05) is 0 Å². The van der Waals surface area contributed by atoms with Crippen LogP contribution in [0.15, 0.2) is 6.20 Å². The predicted molar refractivity (Wildman–Crippen MR) is 80.6 cm³/mol. The Bertz CT molecular complexity index is 541. The maximum Gasteiger partial charge on any atom is 0.330 e. The second kappa shape index (κ2) is 6.35. The number of hydroxylamine groups is 2. The van der Waals surface area contributed by atoms with E-state index in [1.807, 2.05) is 20.8 Å². The first-order valence-corrected chi connectivity index (χ1v) is 7.35. The minimum atomic E-state index is -0.525. The van der Waals surface area contributed by atoms with Crippen molar-refractivity contribution in [3.05, 3.63) is 11.9 Å². The Labute approximate surface area is 129 Å². The maximum atomic E-state index is 12.0. The van der Waals surface area contributed by atoms with Crippen molar-refractivity contribution in [1.29, 1.82) is 0 Å². The van der Waals surface area contributed by atoms with E-state index in [9.17, 15) is 9.59 Å². The topological polar surface area (TPSA) is 113 Å². The van der Waals surface area contributed by atoms with Crippen LogP contribution in [-0.4, -0.2) is 46.3 Å². The van der Waals surface area contributed by atoms with Crippen LogP contribution in [-0.2, 0) is 9.63 Å². The van der Waals surface area contributed by atoms with Gasteiger partial charge in [-0.2, -0.15) is 5.10 Å². The molecule has 0 saturated carbocycles. The Hall–Kier alpha value is -2.09. The summed E-state index contributed by atoms with van der Waals surface area (Å²) in [6.07, 6.45) is 2.88. The minimum Gasteiger partial charge on any atom is -0.396 e. The van der Waals surface area contributed by atoms with Crippen LogP contribution >= 0.6 is 0 Å². The van der Waals surface area contributed by atoms with E-state index >= 15 is 0 Å². The number of hydrogen-bond acceptors (Lipinski definition) is 6. The van der Waals surface area contributed by atoms with Crippen LogP contribution < -0.4 is 11.1 Å². The number of nitrogen functional groups attached to an aromatic ring is 1. The summed E-state index contributed by atoms with van der Waals surface area (Å²) in [6, 6.07) is 0.0215. The number of aromatic amines is 1. The molecule has 1 amide bonds. The normalized spacial score (nSPS) is 17.2. The highest BCUT2D eigenvalue weighted by molar-refractivity contribution is 5.97. The van der Waals surface area contributed by atoms with Gasteiger partial charge in [-0.15, -0.1) is 5.06 Å². The van der Waals surface area contributed by atoms with Crippen LogP contribution in [0.5, 0.6) is 0 Å². The number of nitrogens with two attached hydrogens (primary N) is 1. The van der Waals surface area contributed by atoms with Gasteiger partial charge in [0.1, 0.15) is 0 Å². The van der Waals surface area contributed by atoms with Gasteiger partial charge in [0.2, 0.25) is 0 Å². The molecule has 2 rings (SSSR count). The second-order valence-corrected chi connectivity index (χ2v) is 6.49. The van der Waals surface area contributed by atoms with Crippen molar-refractivity contribution in [2.75, 3.05) is 18.8 Å². The quantitative estimate of drug-likeness (QED) is 0.757. The fourth-order valence-electron chi connectivity index (χ4n) is 2.08. The van der Waals surface area contributed by atoms with Crippen LogP contribution in [0.4, 0.5) is 5.69 Å². The van der Waals surface area contributed by atoms with Crippen molar-refractivity contribution in [2.24, 2.45) is 5.41 Å². The molecule has 0 atom stereocenters. The van der Waals surface area contributed by atoms with Gasteiger partial charge in [-0.05, 0) is 33.6 Å². The lowest BCUT2D eigenvalue weighted by Crippen LogP contribution is -2.46. The number of aromatic nitrogens is 2. The predicted octanol–water partition coefficient (Wildman–Crippen LogP) is 0.690. The molecule has 0 radical (unpaired) electrons. The molecule has 1 aliphatic rings. The first-order chi connectivity index (χ1) is 10.3. The SMILES string of the molecule is CC(C)(C)C(=O)ON1CCC(NC(=O)c2n[nH]cc2N)CC1. The van der Waals surface area contributed by atoms with E-state index in [-0.39, 0.29) is 23.6 Å². The van der Waals surface area contributed by atoms with Gasteiger partial charge >= 0.3 is 5.97 Å². The molecule has 4 N–H and O–H groups in total. The number of piperidine rings is 1. The molecule has 8 nitrogen and oxygen atoms in total. The van der Waals surface area contributed by atoms with Crippen molar-refractivity contribution in [1.82, 2.24) is 20.6 Å². The molecule has 1 saturated heterocycles. The highest BCUT2D eigenvalue weighted by Crippen LogP contribution is 2.19. The van der Waals surface area contributed by atoms with Crippen LogP contribution in [0.2, 0.25) is 0 Å². The Kier molecular flexibility index (Phi) is 4.70. The summed E-state index contributed by atoms with van der Waals surface area (Å²) in [5.74, 6) is -0.539. The zero-order valence-electron chi connectivity index (χ0n) is 13.2. The summed E-state index contributed by atoms with van der Waals surface area (Å²) in [7, 11) is 0. The fraction of sp³-hybridized carbons (Fsp3) is 0.643. The Morgan fingerprint density at radius 3 is 2.55 bits per heavy atom. The lowest BCUT2D eigenvalue weighted by atomic mass is 9.98. The number of carbonyl (C=O) groups excluding carboxylic acids is 2. The maximum absolute atomic E-state index is 12.0. The third-order valence-electron chi connectivity index (χ3n) is 3.50. The molecule has 1 aromatic heterocycles. The molecule has 2 heterocycles. The summed E-state index contributed by atoms with van der Waals surface area (Å²) >= 11 is 0. The molecule has 0 spiro atoms. The molecule has 1 aromatic rings. The first kappa shape index (κ1) is 16.3. The summed E-state index contributed by atoms with van der Waals surface area (Å²) in [6.45, 7) is 6.62. The lowest BCUT2D eigenvalue weighted by molar-refractivity contribution is -0.204. The van der Waals surface area contributed by atoms with Crippen molar-refractivity contribution < 1.29 is 14.4 Å². The Morgan fingerprint density at radius 2 is 2.05 bits per heavy atom. The standard InChI is InChI=1S/C14H23N5O3/c1-14(2,3)13(21)22-19-6-4-9(5-7-19)17-12(20)11-10(15)8-16-18-11/h8-9H,4-7,15H2,1-3H3,(H,16,18)(H,17,20). The van der Waals surface area contributed by atoms with Crippen molar-refractivity contribution in [3.63, 3.8) is 0 Å². The zero-order valence-corrected chi connectivity index (χ0v) is 13.2. The fourth-order valence-corrected chi connectivity index (χ4v) is 2.08. The van der Waals surface area contributed by atoms with E-state index in [0.29, 0.717) is 31.6 Å². The third kappa shape index (κ3) is 3.97. The lowest BCUT2D eigenvalue weighted by Gasteiger charge is -2.32. The van der Waals surface area contributed by atoms with Gasteiger partial charge in [-0.25, -0.2) is 4.79 Å². The number of rotatable bonds is 3. The monoisotopic (exact) mass is 309 g/mol. The first-order valence-electron chi connectivity index (χ1n) is 7.35. The molecule has 0 bridgehead atoms. The van der Waals surface area contributed by atoms with Gasteiger partial charge in [0.15, 0.2) is 5.69 Å². The van der Waals surface area contributed by atoms with Gasteiger partial charge in [0.05, 0.1) is 11.1 Å². The summed E-state index contributed by atoms with van der Waals surface area (Å²) in [4.78, 5) is 29.2. The summed E-state index contributed by atoms with van der Waals surface area (Å²) in [5, 5.41) is 10.9. The molecule has 0 aliphatic carbocycles. The number of nitrogens with zero attached hydrogens (tertiary/aromatic N) is 2. The molecule has 22 heavy (non-hydrogen) atoms. The molecular formula is C14H23N5O3. The number of amides is 1. The van der Waals surface area contributed by atoms with Crippen LogP contribution in [0.25, 0.3) is 0 Å². The van der Waals surface area contributed by atoms with E-state index in [2.05, 4.69) is 15.5 Å². The highest BCUT2D eigenvalue weighted by Gasteiger charge is 2.29. The third-order valence-corrected chi connectivity index (χ3v) is 3.50. The Morgan fingerprint density at radius 1 is 1.41 bits per heavy atom. The number of nitrogens with one attached hydrogen (secondary N) is 2. The molecule has 0 unspecified atom stereocenters. The molecule has 0 aromatic carbocycles. The van der Waals surface area contributed by atoms with Gasteiger partial charge in [-0.3, -0.25) is 9.89 Å². The van der Waals surface area contributed by atoms with E-state index < -0.39 is 5.41 Å². The summed E-state index contributed by atoms with van der Waals surface area (Å²) < 4.78 is 0. The molecule has 1 fully saturated rings. The van der Waals surface area contributed by atoms with Crippen molar-refractivity contribution in [3.8, 4) is 0 Å². The highest BCUT2D eigenvalue weighted by atomic mass is 16.7. The molecule has 1 aliphatic heterocycles. The number of carbonyl (C=O) groups is 2. The van der Waals surface area contributed by atoms with E-state index in [1.165, 1.54) is 6.20 Å². The van der Waals surface area contributed by atoms with Crippen molar-refractivity contribution in [2.45, 2.75) is 39.7 Å². The average molecular weight is 309 g/mol. The Balaban J connectivity index is 1.79. The van der Waals surface area contributed by atoms with Crippen LogP contribution in [0, 0.1) is 5.41 Å². The minimum absolute atomic E-state index is 0.0215. The van der Waals surface area contributed by atoms with Crippen LogP contribution in [0.1, 0.15) is 44.1 Å². The van der Waals surface area contributed by atoms with Crippen molar-refractivity contribution >= 4 is 17.6 Å². The van der Waals surface area contributed by atoms with Gasteiger partial charge < -0.3 is 15.9 Å². The van der Waals surface area contributed by atoms with Gasteiger partial charge in [0, 0.05) is 25.3 Å². The largest absolute Gasteiger partial charge is 0.396 e. The van der Waals surface area contributed by atoms with E-state index in [4.69, 9.17) is 10.6 Å².